The van der Waals surface area contributed by atoms with Gasteiger partial charge in [-0.3, -0.25) is 9.59 Å². The molecule has 0 atom stereocenters. The molecule has 3 heterocycles. The van der Waals surface area contributed by atoms with Crippen LogP contribution in [0.1, 0.15) is 5.76 Å². The fourth-order valence-electron chi connectivity index (χ4n) is 3.34. The van der Waals surface area contributed by atoms with E-state index in [1.807, 2.05) is 18.2 Å². The summed E-state index contributed by atoms with van der Waals surface area (Å²) in [6.45, 7) is 3.48. The average Bonchev–Trinajstić information content (AvgIpc) is 3.28. The molecule has 1 aliphatic rings. The number of carbonyl (C=O) groups is 1. The second kappa shape index (κ2) is 8.64. The predicted octanol–water partition coefficient (Wildman–Crippen LogP) is 1.48. The van der Waals surface area contributed by atoms with E-state index in [2.05, 4.69) is 32.3 Å². The van der Waals surface area contributed by atoms with Gasteiger partial charge in [0.2, 0.25) is 5.91 Å². The summed E-state index contributed by atoms with van der Waals surface area (Å²) in [6, 6.07) is 17.0. The lowest BCUT2D eigenvalue weighted by molar-refractivity contribution is -0.122. The van der Waals surface area contributed by atoms with Crippen LogP contribution in [0.4, 0.5) is 11.5 Å². The Labute approximate surface area is 168 Å². The number of amides is 1. The number of carbonyl (C=O) groups excluding carboxylic acids is 1. The molecule has 0 spiro atoms. The summed E-state index contributed by atoms with van der Waals surface area (Å²) in [5.41, 5.74) is 0.906. The molecule has 0 aliphatic carbocycles. The number of hydrogen-bond acceptors (Lipinski definition) is 6. The summed E-state index contributed by atoms with van der Waals surface area (Å²) in [4.78, 5) is 28.8. The third kappa shape index (κ3) is 4.66. The van der Waals surface area contributed by atoms with Gasteiger partial charge in [-0.15, -0.1) is 0 Å². The summed E-state index contributed by atoms with van der Waals surface area (Å²) in [5.74, 6) is 1.07. The highest BCUT2D eigenvalue weighted by Crippen LogP contribution is 2.18. The van der Waals surface area contributed by atoms with Gasteiger partial charge in [-0.1, -0.05) is 18.2 Å². The molecule has 150 valence electrons. The number of benzene rings is 1. The zero-order chi connectivity index (χ0) is 20.1. The fraction of sp³-hybridized carbons (Fsp3) is 0.286. The molecule has 0 bridgehead atoms. The number of anilines is 2. The van der Waals surface area contributed by atoms with Crippen LogP contribution in [0.15, 0.2) is 70.1 Å². The van der Waals surface area contributed by atoms with E-state index in [1.165, 1.54) is 16.4 Å². The van der Waals surface area contributed by atoms with E-state index in [0.29, 0.717) is 11.6 Å². The Balaban J connectivity index is 1.37. The first-order valence-electron chi connectivity index (χ1n) is 9.61. The molecule has 0 radical (unpaired) electrons. The number of nitrogens with zero attached hydrogens (tertiary/aromatic N) is 4. The third-order valence-corrected chi connectivity index (χ3v) is 4.91. The zero-order valence-corrected chi connectivity index (χ0v) is 16.0. The molecular formula is C21H23N5O3. The van der Waals surface area contributed by atoms with Gasteiger partial charge in [0, 0.05) is 37.9 Å². The predicted molar refractivity (Wildman–Crippen MR) is 110 cm³/mol. The topological polar surface area (TPSA) is 83.6 Å². The largest absolute Gasteiger partial charge is 0.467 e. The highest BCUT2D eigenvalue weighted by Gasteiger charge is 2.19. The van der Waals surface area contributed by atoms with E-state index >= 15 is 0 Å². The summed E-state index contributed by atoms with van der Waals surface area (Å²) in [7, 11) is 0. The van der Waals surface area contributed by atoms with Crippen molar-refractivity contribution in [2.24, 2.45) is 0 Å². The highest BCUT2D eigenvalue weighted by molar-refractivity contribution is 5.75. The van der Waals surface area contributed by atoms with Gasteiger partial charge in [-0.25, -0.2) is 4.68 Å². The molecule has 8 heteroatoms. The van der Waals surface area contributed by atoms with Crippen molar-refractivity contribution in [3.05, 3.63) is 77.0 Å². The standard InChI is InChI=1S/C21H23N5O3/c27-20(22-15-18-7-4-14-29-18)16-26-21(28)9-8-19(23-26)25-12-10-24(11-13-25)17-5-2-1-3-6-17/h1-9,14H,10-13,15-16H2,(H,22,27). The van der Waals surface area contributed by atoms with Crippen LogP contribution in [0.25, 0.3) is 0 Å². The number of rotatable bonds is 6. The Morgan fingerprint density at radius 1 is 0.966 bits per heavy atom. The van der Waals surface area contributed by atoms with Gasteiger partial charge in [0.1, 0.15) is 18.1 Å². The minimum atomic E-state index is -0.301. The normalized spacial score (nSPS) is 14.1. The molecule has 0 saturated carbocycles. The van der Waals surface area contributed by atoms with E-state index in [4.69, 9.17) is 4.42 Å². The molecule has 3 aromatic rings. The first-order valence-corrected chi connectivity index (χ1v) is 9.61. The van der Waals surface area contributed by atoms with Crippen molar-refractivity contribution >= 4 is 17.4 Å². The molecular weight excluding hydrogens is 370 g/mol. The van der Waals surface area contributed by atoms with Crippen LogP contribution in [0.2, 0.25) is 0 Å². The maximum absolute atomic E-state index is 12.2. The maximum Gasteiger partial charge on any atom is 0.267 e. The number of furan rings is 1. The highest BCUT2D eigenvalue weighted by atomic mass is 16.3. The van der Waals surface area contributed by atoms with Gasteiger partial charge in [-0.2, -0.15) is 5.10 Å². The van der Waals surface area contributed by atoms with E-state index < -0.39 is 0 Å². The number of nitrogens with one attached hydrogen (secondary N) is 1. The molecule has 29 heavy (non-hydrogen) atoms. The van der Waals surface area contributed by atoms with Crippen molar-refractivity contribution in [1.29, 1.82) is 0 Å². The van der Waals surface area contributed by atoms with Crippen molar-refractivity contribution in [2.45, 2.75) is 13.1 Å². The second-order valence-corrected chi connectivity index (χ2v) is 6.85. The molecule has 1 N–H and O–H groups in total. The smallest absolute Gasteiger partial charge is 0.267 e. The van der Waals surface area contributed by atoms with E-state index in [1.54, 1.807) is 24.5 Å². The van der Waals surface area contributed by atoms with Crippen molar-refractivity contribution in [1.82, 2.24) is 15.1 Å². The van der Waals surface area contributed by atoms with Crippen LogP contribution in [0.3, 0.4) is 0 Å². The van der Waals surface area contributed by atoms with Crippen molar-refractivity contribution in [2.75, 3.05) is 36.0 Å². The van der Waals surface area contributed by atoms with E-state index in [-0.39, 0.29) is 24.6 Å². The zero-order valence-electron chi connectivity index (χ0n) is 16.0. The monoisotopic (exact) mass is 393 g/mol. The van der Waals surface area contributed by atoms with Gasteiger partial charge in [0.05, 0.1) is 12.8 Å². The molecule has 1 amide bonds. The van der Waals surface area contributed by atoms with Crippen molar-refractivity contribution in [3.63, 3.8) is 0 Å². The Bertz CT molecular complexity index is 993. The molecule has 1 fully saturated rings. The number of piperazine rings is 1. The summed E-state index contributed by atoms with van der Waals surface area (Å²) in [5, 5.41) is 7.14. The SMILES string of the molecule is O=C(Cn1nc(N2CCN(c3ccccc3)CC2)ccc1=O)NCc1ccco1. The third-order valence-electron chi connectivity index (χ3n) is 4.91. The number of para-hydroxylation sites is 1. The van der Waals surface area contributed by atoms with Gasteiger partial charge < -0.3 is 19.5 Å². The summed E-state index contributed by atoms with van der Waals surface area (Å²) in [6.07, 6.45) is 1.55. The molecule has 0 unspecified atom stereocenters. The number of hydrogen-bond donors (Lipinski definition) is 1. The molecule has 1 aliphatic heterocycles. The van der Waals surface area contributed by atoms with Gasteiger partial charge in [0.25, 0.3) is 5.56 Å². The van der Waals surface area contributed by atoms with E-state index in [0.717, 1.165) is 26.2 Å². The van der Waals surface area contributed by atoms with Crippen LogP contribution in [-0.2, 0) is 17.9 Å². The lowest BCUT2D eigenvalue weighted by Gasteiger charge is -2.36. The fourth-order valence-corrected chi connectivity index (χ4v) is 3.34. The first kappa shape index (κ1) is 18.8. The van der Waals surface area contributed by atoms with Crippen molar-refractivity contribution in [3.8, 4) is 0 Å². The molecule has 1 saturated heterocycles. The Morgan fingerprint density at radius 2 is 1.72 bits per heavy atom. The summed E-state index contributed by atoms with van der Waals surface area (Å²) >= 11 is 0. The summed E-state index contributed by atoms with van der Waals surface area (Å²) < 4.78 is 6.39. The molecule has 8 nitrogen and oxygen atoms in total. The van der Waals surface area contributed by atoms with E-state index in [9.17, 15) is 9.59 Å². The van der Waals surface area contributed by atoms with Gasteiger partial charge >= 0.3 is 0 Å². The first-order chi connectivity index (χ1) is 14.2. The molecule has 2 aromatic heterocycles. The Hall–Kier alpha value is -3.55. The molecule has 1 aromatic carbocycles. The van der Waals surface area contributed by atoms with Crippen molar-refractivity contribution < 1.29 is 9.21 Å². The molecule has 4 rings (SSSR count). The number of aromatic nitrogens is 2. The van der Waals surface area contributed by atoms with Gasteiger partial charge in [0.15, 0.2) is 0 Å². The van der Waals surface area contributed by atoms with Crippen LogP contribution >= 0.6 is 0 Å². The minimum Gasteiger partial charge on any atom is -0.467 e. The van der Waals surface area contributed by atoms with Crippen LogP contribution < -0.4 is 20.7 Å². The van der Waals surface area contributed by atoms with Crippen LogP contribution in [0, 0.1) is 0 Å². The quantitative estimate of drug-likeness (QED) is 0.683. The Morgan fingerprint density at radius 3 is 2.45 bits per heavy atom. The lowest BCUT2D eigenvalue weighted by Crippen LogP contribution is -2.47. The van der Waals surface area contributed by atoms with Gasteiger partial charge in [-0.05, 0) is 30.3 Å². The lowest BCUT2D eigenvalue weighted by atomic mass is 10.2. The second-order valence-electron chi connectivity index (χ2n) is 6.85. The Kier molecular flexibility index (Phi) is 5.60. The maximum atomic E-state index is 12.2. The average molecular weight is 393 g/mol. The van der Waals surface area contributed by atoms with Crippen LogP contribution in [0.5, 0.6) is 0 Å². The minimum absolute atomic E-state index is 0.128. The van der Waals surface area contributed by atoms with Crippen LogP contribution in [-0.4, -0.2) is 41.9 Å².